The summed E-state index contributed by atoms with van der Waals surface area (Å²) in [5.41, 5.74) is -2.15. The summed E-state index contributed by atoms with van der Waals surface area (Å²) in [4.78, 5) is 21.4. The molecule has 0 amide bonds. The topological polar surface area (TPSA) is 74.6 Å². The van der Waals surface area contributed by atoms with Gasteiger partial charge in [-0.2, -0.15) is 13.2 Å². The number of benzene rings is 1. The van der Waals surface area contributed by atoms with E-state index in [4.69, 9.17) is 10.2 Å². The third-order valence-corrected chi connectivity index (χ3v) is 2.43. The van der Waals surface area contributed by atoms with E-state index in [1.807, 2.05) is 0 Å². The molecule has 0 saturated heterocycles. The van der Waals surface area contributed by atoms with E-state index >= 15 is 0 Å². The maximum atomic E-state index is 12.4. The monoisotopic (exact) mass is 312 g/mol. The molecule has 17 heavy (non-hydrogen) atoms. The van der Waals surface area contributed by atoms with Crippen molar-refractivity contribution in [2.75, 3.05) is 0 Å². The number of hydrogen-bond acceptors (Lipinski definition) is 3. The van der Waals surface area contributed by atoms with Crippen LogP contribution in [-0.4, -0.2) is 22.0 Å². The van der Waals surface area contributed by atoms with Gasteiger partial charge in [-0.05, 0) is 28.1 Å². The summed E-state index contributed by atoms with van der Waals surface area (Å²) in [6.45, 7) is 0. The molecule has 0 aliphatic heterocycles. The number of carboxylic acid groups (broad SMARTS) is 1. The number of carbonyl (C=O) groups excluding carboxylic acids is 1. The number of Topliss-reactive ketones (excluding diaryl/α,β-unsaturated/α-hetero) is 1. The predicted molar refractivity (Wildman–Crippen MR) is 52.8 cm³/mol. The Bertz CT molecular complexity index is 496. The van der Waals surface area contributed by atoms with Crippen molar-refractivity contribution in [2.24, 2.45) is 0 Å². The van der Waals surface area contributed by atoms with Crippen LogP contribution in [-0.2, 0) is 11.0 Å². The number of alkyl halides is 3. The second-order valence-electron chi connectivity index (χ2n) is 2.99. The Kier molecular flexibility index (Phi) is 3.46. The van der Waals surface area contributed by atoms with Gasteiger partial charge in [0, 0.05) is 5.56 Å². The Morgan fingerprint density at radius 3 is 2.18 bits per heavy atom. The van der Waals surface area contributed by atoms with E-state index < -0.39 is 39.3 Å². The number of aromatic hydroxyl groups is 1. The molecule has 1 aromatic carbocycles. The Morgan fingerprint density at radius 2 is 1.76 bits per heavy atom. The van der Waals surface area contributed by atoms with E-state index in [0.717, 1.165) is 6.07 Å². The first kappa shape index (κ1) is 13.5. The van der Waals surface area contributed by atoms with Gasteiger partial charge in [-0.3, -0.25) is 4.79 Å². The van der Waals surface area contributed by atoms with Gasteiger partial charge in [-0.1, -0.05) is 0 Å². The number of halogens is 4. The van der Waals surface area contributed by atoms with Crippen LogP contribution >= 0.6 is 15.9 Å². The molecule has 0 aromatic heterocycles. The van der Waals surface area contributed by atoms with Crippen LogP contribution in [0.1, 0.15) is 15.9 Å². The smallest absolute Gasteiger partial charge is 0.420 e. The molecule has 0 fully saturated rings. The second-order valence-corrected chi connectivity index (χ2v) is 3.84. The molecular weight excluding hydrogens is 309 g/mol. The lowest BCUT2D eigenvalue weighted by atomic mass is 10.1. The fraction of sp³-hybridized carbons (Fsp3) is 0.111. The van der Waals surface area contributed by atoms with Gasteiger partial charge in [-0.15, -0.1) is 0 Å². The number of phenols is 1. The van der Waals surface area contributed by atoms with Crippen molar-refractivity contribution in [1.29, 1.82) is 0 Å². The minimum Gasteiger partial charge on any atom is -0.506 e. The van der Waals surface area contributed by atoms with Gasteiger partial charge in [0.1, 0.15) is 5.75 Å². The average molecular weight is 313 g/mol. The van der Waals surface area contributed by atoms with E-state index in [1.165, 1.54) is 0 Å². The lowest BCUT2D eigenvalue weighted by molar-refractivity contribution is -0.139. The van der Waals surface area contributed by atoms with Gasteiger partial charge >= 0.3 is 12.1 Å². The molecule has 4 nitrogen and oxygen atoms in total. The fourth-order valence-corrected chi connectivity index (χ4v) is 1.53. The molecule has 0 radical (unpaired) electrons. The van der Waals surface area contributed by atoms with E-state index in [9.17, 15) is 22.8 Å². The molecule has 0 bridgehead atoms. The van der Waals surface area contributed by atoms with Gasteiger partial charge in [0.15, 0.2) is 0 Å². The van der Waals surface area contributed by atoms with Gasteiger partial charge in [0.25, 0.3) is 5.78 Å². The van der Waals surface area contributed by atoms with Crippen LogP contribution < -0.4 is 0 Å². The van der Waals surface area contributed by atoms with Crippen LogP contribution in [0.2, 0.25) is 0 Å². The molecule has 1 rings (SSSR count). The largest absolute Gasteiger partial charge is 0.506 e. The number of phenolic OH excluding ortho intramolecular Hbond substituents is 1. The average Bonchev–Trinajstić information content (AvgIpc) is 2.18. The van der Waals surface area contributed by atoms with Crippen molar-refractivity contribution in [3.8, 4) is 5.75 Å². The Morgan fingerprint density at radius 1 is 1.24 bits per heavy atom. The minimum atomic E-state index is -4.89. The fourth-order valence-electron chi connectivity index (χ4n) is 1.07. The van der Waals surface area contributed by atoms with E-state index in [1.54, 1.807) is 0 Å². The van der Waals surface area contributed by atoms with E-state index in [-0.39, 0.29) is 6.07 Å². The summed E-state index contributed by atoms with van der Waals surface area (Å²) in [5, 5.41) is 17.5. The molecule has 0 unspecified atom stereocenters. The zero-order valence-electron chi connectivity index (χ0n) is 7.88. The van der Waals surface area contributed by atoms with Crippen LogP contribution in [0, 0.1) is 0 Å². The lowest BCUT2D eigenvalue weighted by Crippen LogP contribution is -2.15. The maximum absolute atomic E-state index is 12.4. The number of aliphatic carboxylic acids is 1. The van der Waals surface area contributed by atoms with Gasteiger partial charge in [0.05, 0.1) is 10.0 Å². The molecule has 8 heteroatoms. The summed E-state index contributed by atoms with van der Waals surface area (Å²) in [6.07, 6.45) is -4.89. The molecule has 0 saturated carbocycles. The number of ketones is 1. The van der Waals surface area contributed by atoms with Crippen LogP contribution in [0.4, 0.5) is 13.2 Å². The van der Waals surface area contributed by atoms with Gasteiger partial charge < -0.3 is 10.2 Å². The Labute approximate surface area is 101 Å². The lowest BCUT2D eigenvalue weighted by Gasteiger charge is -2.11. The maximum Gasteiger partial charge on any atom is 0.420 e. The third kappa shape index (κ3) is 2.76. The normalized spacial score (nSPS) is 11.3. The number of hydrogen-bond donors (Lipinski definition) is 2. The van der Waals surface area contributed by atoms with Crippen molar-refractivity contribution in [2.45, 2.75) is 6.18 Å². The molecule has 0 aliphatic rings. The molecule has 0 atom stereocenters. The summed E-state index contributed by atoms with van der Waals surface area (Å²) in [5.74, 6) is -4.47. The Balaban J connectivity index is 3.44. The van der Waals surface area contributed by atoms with Gasteiger partial charge in [-0.25, -0.2) is 4.79 Å². The number of carboxylic acids is 1. The van der Waals surface area contributed by atoms with Crippen LogP contribution in [0.3, 0.4) is 0 Å². The molecule has 0 aliphatic carbocycles. The highest BCUT2D eigenvalue weighted by atomic mass is 79.9. The molecular formula is C9H4BrF3O4. The first-order chi connectivity index (χ1) is 7.64. The highest BCUT2D eigenvalue weighted by Gasteiger charge is 2.36. The van der Waals surface area contributed by atoms with Crippen molar-refractivity contribution in [3.63, 3.8) is 0 Å². The standard InChI is InChI=1S/C9H4BrF3O4/c10-5-2-3(6(14)8(16)17)1-4(7(5)15)9(11,12)13/h1-2,15H,(H,16,17). The Hall–Kier alpha value is -1.57. The van der Waals surface area contributed by atoms with Crippen LogP contribution in [0.25, 0.3) is 0 Å². The summed E-state index contributed by atoms with van der Waals surface area (Å²) in [6, 6.07) is 1.09. The first-order valence-electron chi connectivity index (χ1n) is 4.02. The van der Waals surface area contributed by atoms with Crippen LogP contribution in [0.5, 0.6) is 5.75 Å². The van der Waals surface area contributed by atoms with Crippen molar-refractivity contribution >= 4 is 27.7 Å². The van der Waals surface area contributed by atoms with Crippen molar-refractivity contribution < 1.29 is 33.0 Å². The van der Waals surface area contributed by atoms with E-state index in [2.05, 4.69) is 15.9 Å². The van der Waals surface area contributed by atoms with Crippen molar-refractivity contribution in [3.05, 3.63) is 27.7 Å². The second kappa shape index (κ2) is 4.36. The summed E-state index contributed by atoms with van der Waals surface area (Å²) in [7, 11) is 0. The zero-order valence-corrected chi connectivity index (χ0v) is 9.46. The minimum absolute atomic E-state index is 0.288. The first-order valence-corrected chi connectivity index (χ1v) is 4.81. The van der Waals surface area contributed by atoms with Gasteiger partial charge in [0.2, 0.25) is 0 Å². The number of rotatable bonds is 2. The quantitative estimate of drug-likeness (QED) is 0.649. The summed E-state index contributed by atoms with van der Waals surface area (Å²) >= 11 is 2.61. The highest BCUT2D eigenvalue weighted by Crippen LogP contribution is 2.40. The van der Waals surface area contributed by atoms with Crippen LogP contribution in [0.15, 0.2) is 16.6 Å². The zero-order chi connectivity index (χ0) is 13.4. The highest BCUT2D eigenvalue weighted by molar-refractivity contribution is 9.10. The molecule has 1 aromatic rings. The third-order valence-electron chi connectivity index (χ3n) is 1.83. The number of carbonyl (C=O) groups is 2. The predicted octanol–water partition coefficient (Wildman–Crippen LogP) is 2.44. The van der Waals surface area contributed by atoms with Crippen molar-refractivity contribution in [1.82, 2.24) is 0 Å². The molecule has 0 heterocycles. The molecule has 0 spiro atoms. The molecule has 92 valence electrons. The summed E-state index contributed by atoms with van der Waals surface area (Å²) < 4.78 is 36.9. The molecule has 2 N–H and O–H groups in total. The SMILES string of the molecule is O=C(O)C(=O)c1cc(Br)c(O)c(C(F)(F)F)c1. The van der Waals surface area contributed by atoms with E-state index in [0.29, 0.717) is 0 Å².